The molecule has 0 radical (unpaired) electrons. The molecule has 0 unspecified atom stereocenters. The molecule has 0 fully saturated rings. The second-order valence-corrected chi connectivity index (χ2v) is 7.20. The SMILES string of the molecule is C=CCSc1nnc(NC(=O)CCNC(=O)c2cccs2)s1. The number of anilines is 1. The van der Waals surface area contributed by atoms with Gasteiger partial charge in [0.05, 0.1) is 4.88 Å². The molecule has 2 amide bonds. The normalized spacial score (nSPS) is 10.2. The van der Waals surface area contributed by atoms with Crippen LogP contribution in [0.15, 0.2) is 34.5 Å². The molecular formula is C13H14N4O2S3. The predicted octanol–water partition coefficient (Wildman–Crippen LogP) is 2.64. The third-order valence-electron chi connectivity index (χ3n) is 2.36. The van der Waals surface area contributed by atoms with Gasteiger partial charge in [-0.1, -0.05) is 35.2 Å². The number of carbonyl (C=O) groups is 2. The Labute approximate surface area is 140 Å². The maximum Gasteiger partial charge on any atom is 0.261 e. The summed E-state index contributed by atoms with van der Waals surface area (Å²) in [5.41, 5.74) is 0. The summed E-state index contributed by atoms with van der Waals surface area (Å²) in [6.07, 6.45) is 1.96. The number of amides is 2. The van der Waals surface area contributed by atoms with Crippen LogP contribution in [0, 0.1) is 0 Å². The van der Waals surface area contributed by atoms with Crippen LogP contribution in [0.4, 0.5) is 5.13 Å². The van der Waals surface area contributed by atoms with Crippen LogP contribution in [0.1, 0.15) is 16.1 Å². The van der Waals surface area contributed by atoms with E-state index in [-0.39, 0.29) is 24.8 Å². The Morgan fingerprint density at radius 2 is 2.27 bits per heavy atom. The van der Waals surface area contributed by atoms with Gasteiger partial charge in [-0.05, 0) is 11.4 Å². The van der Waals surface area contributed by atoms with E-state index in [9.17, 15) is 9.59 Å². The lowest BCUT2D eigenvalue weighted by molar-refractivity contribution is -0.116. The Hall–Kier alpha value is -1.71. The minimum absolute atomic E-state index is 0.165. The van der Waals surface area contributed by atoms with Crippen LogP contribution in [-0.2, 0) is 4.79 Å². The zero-order chi connectivity index (χ0) is 15.8. The topological polar surface area (TPSA) is 84.0 Å². The number of rotatable bonds is 8. The number of hydrogen-bond donors (Lipinski definition) is 2. The standard InChI is InChI=1S/C13H14N4O2S3/c1-2-7-21-13-17-16-12(22-13)15-10(18)5-6-14-11(19)9-4-3-8-20-9/h2-4,8H,1,5-7H2,(H,14,19)(H,15,16,18). The van der Waals surface area contributed by atoms with Gasteiger partial charge in [-0.25, -0.2) is 0 Å². The highest BCUT2D eigenvalue weighted by Gasteiger charge is 2.10. The van der Waals surface area contributed by atoms with Crippen molar-refractivity contribution in [2.75, 3.05) is 17.6 Å². The molecule has 2 N–H and O–H groups in total. The summed E-state index contributed by atoms with van der Waals surface area (Å²) in [6, 6.07) is 3.55. The Morgan fingerprint density at radius 1 is 1.41 bits per heavy atom. The number of nitrogens with zero attached hydrogens (tertiary/aromatic N) is 2. The predicted molar refractivity (Wildman–Crippen MR) is 90.7 cm³/mol. The summed E-state index contributed by atoms with van der Waals surface area (Å²) < 4.78 is 0.779. The van der Waals surface area contributed by atoms with Gasteiger partial charge in [0.25, 0.3) is 5.91 Å². The molecule has 116 valence electrons. The fraction of sp³-hybridized carbons (Fsp3) is 0.231. The Bertz CT molecular complexity index is 640. The average molecular weight is 354 g/mol. The fourth-order valence-corrected chi connectivity index (χ4v) is 3.58. The zero-order valence-electron chi connectivity index (χ0n) is 11.6. The maximum atomic E-state index is 11.8. The van der Waals surface area contributed by atoms with Crippen molar-refractivity contribution in [2.45, 2.75) is 10.8 Å². The lowest BCUT2D eigenvalue weighted by Crippen LogP contribution is -2.27. The van der Waals surface area contributed by atoms with Gasteiger partial charge in [-0.15, -0.1) is 28.1 Å². The van der Waals surface area contributed by atoms with E-state index in [0.717, 1.165) is 10.1 Å². The zero-order valence-corrected chi connectivity index (χ0v) is 14.0. The smallest absolute Gasteiger partial charge is 0.261 e. The molecule has 0 spiro atoms. The van der Waals surface area contributed by atoms with E-state index in [1.165, 1.54) is 34.4 Å². The summed E-state index contributed by atoms with van der Waals surface area (Å²) in [5.74, 6) is 0.377. The number of hydrogen-bond acceptors (Lipinski definition) is 7. The molecule has 0 aliphatic heterocycles. The van der Waals surface area contributed by atoms with Gasteiger partial charge < -0.3 is 10.6 Å². The van der Waals surface area contributed by atoms with Crippen LogP contribution in [0.2, 0.25) is 0 Å². The lowest BCUT2D eigenvalue weighted by atomic mass is 10.4. The molecule has 0 aromatic carbocycles. The van der Waals surface area contributed by atoms with Crippen LogP contribution < -0.4 is 10.6 Å². The minimum Gasteiger partial charge on any atom is -0.351 e. The maximum absolute atomic E-state index is 11.8. The van der Waals surface area contributed by atoms with Gasteiger partial charge in [-0.2, -0.15) is 0 Å². The van der Waals surface area contributed by atoms with Gasteiger partial charge in [0.15, 0.2) is 4.34 Å². The van der Waals surface area contributed by atoms with E-state index in [4.69, 9.17) is 0 Å². The minimum atomic E-state index is -0.206. The molecular weight excluding hydrogens is 340 g/mol. The number of thiophene rings is 1. The molecule has 2 rings (SSSR count). The summed E-state index contributed by atoms with van der Waals surface area (Å²) in [7, 11) is 0. The first-order chi connectivity index (χ1) is 10.7. The number of nitrogens with one attached hydrogen (secondary N) is 2. The van der Waals surface area contributed by atoms with E-state index in [2.05, 4.69) is 27.4 Å². The number of thioether (sulfide) groups is 1. The van der Waals surface area contributed by atoms with E-state index in [0.29, 0.717) is 10.0 Å². The van der Waals surface area contributed by atoms with Crippen molar-refractivity contribution in [1.82, 2.24) is 15.5 Å². The van der Waals surface area contributed by atoms with E-state index < -0.39 is 0 Å². The second kappa shape index (κ2) is 8.66. The first-order valence-corrected chi connectivity index (χ1v) is 9.06. The first-order valence-electron chi connectivity index (χ1n) is 6.38. The van der Waals surface area contributed by atoms with Gasteiger partial charge in [0.1, 0.15) is 0 Å². The molecule has 0 aliphatic carbocycles. The Kier molecular flexibility index (Phi) is 6.56. The lowest BCUT2D eigenvalue weighted by Gasteiger charge is -2.03. The van der Waals surface area contributed by atoms with Crippen molar-refractivity contribution < 1.29 is 9.59 Å². The van der Waals surface area contributed by atoms with Crippen molar-refractivity contribution in [2.24, 2.45) is 0 Å². The molecule has 2 heterocycles. The van der Waals surface area contributed by atoms with Crippen molar-refractivity contribution in [3.63, 3.8) is 0 Å². The third kappa shape index (κ3) is 5.24. The van der Waals surface area contributed by atoms with E-state index in [1.54, 1.807) is 12.1 Å². The highest BCUT2D eigenvalue weighted by Crippen LogP contribution is 2.25. The second-order valence-electron chi connectivity index (χ2n) is 4.00. The molecule has 2 aromatic heterocycles. The largest absolute Gasteiger partial charge is 0.351 e. The monoisotopic (exact) mass is 354 g/mol. The molecule has 0 bridgehead atoms. The van der Waals surface area contributed by atoms with Gasteiger partial charge in [0.2, 0.25) is 11.0 Å². The molecule has 0 saturated carbocycles. The third-order valence-corrected chi connectivity index (χ3v) is 5.20. The van der Waals surface area contributed by atoms with Crippen LogP contribution in [0.25, 0.3) is 0 Å². The summed E-state index contributed by atoms with van der Waals surface area (Å²) in [5, 5.41) is 15.5. The van der Waals surface area contributed by atoms with Crippen LogP contribution in [-0.4, -0.2) is 34.3 Å². The average Bonchev–Trinajstić information content (AvgIpc) is 3.16. The molecule has 9 heteroatoms. The summed E-state index contributed by atoms with van der Waals surface area (Å²) in [4.78, 5) is 24.1. The van der Waals surface area contributed by atoms with Gasteiger partial charge >= 0.3 is 0 Å². The molecule has 0 aliphatic rings. The number of carbonyl (C=O) groups excluding carboxylic acids is 2. The molecule has 2 aromatic rings. The molecule has 0 atom stereocenters. The van der Waals surface area contributed by atoms with Crippen molar-refractivity contribution in [3.05, 3.63) is 35.0 Å². The first kappa shape index (κ1) is 16.7. The molecule has 0 saturated heterocycles. The summed E-state index contributed by atoms with van der Waals surface area (Å²) >= 11 is 4.19. The molecule has 22 heavy (non-hydrogen) atoms. The molecule has 6 nitrogen and oxygen atoms in total. The van der Waals surface area contributed by atoms with Gasteiger partial charge in [0, 0.05) is 18.7 Å². The van der Waals surface area contributed by atoms with Crippen molar-refractivity contribution in [1.29, 1.82) is 0 Å². The quantitative estimate of drug-likeness (QED) is 0.432. The Balaban J connectivity index is 1.70. The van der Waals surface area contributed by atoms with E-state index >= 15 is 0 Å². The number of aromatic nitrogens is 2. The Morgan fingerprint density at radius 3 is 3.00 bits per heavy atom. The van der Waals surface area contributed by atoms with Crippen molar-refractivity contribution >= 4 is 51.4 Å². The summed E-state index contributed by atoms with van der Waals surface area (Å²) in [6.45, 7) is 3.91. The fourth-order valence-electron chi connectivity index (χ4n) is 1.42. The highest BCUT2D eigenvalue weighted by atomic mass is 32.2. The van der Waals surface area contributed by atoms with Crippen LogP contribution >= 0.6 is 34.4 Å². The van der Waals surface area contributed by atoms with Crippen LogP contribution in [0.5, 0.6) is 0 Å². The van der Waals surface area contributed by atoms with Crippen LogP contribution in [0.3, 0.4) is 0 Å². The van der Waals surface area contributed by atoms with E-state index in [1.807, 2.05) is 11.4 Å². The highest BCUT2D eigenvalue weighted by molar-refractivity contribution is 8.01. The van der Waals surface area contributed by atoms with Gasteiger partial charge in [-0.3, -0.25) is 9.59 Å². The van der Waals surface area contributed by atoms with Crippen molar-refractivity contribution in [3.8, 4) is 0 Å².